The molecular formula is C18H14BrN5O4S. The summed E-state index contributed by atoms with van der Waals surface area (Å²) in [5, 5.41) is 16.4. The Morgan fingerprint density at radius 2 is 2.03 bits per heavy atom. The quantitative estimate of drug-likeness (QED) is 0.422. The van der Waals surface area contributed by atoms with E-state index < -0.39 is 6.09 Å². The predicted octanol–water partition coefficient (Wildman–Crippen LogP) is 4.90. The number of thiophene rings is 1. The molecule has 0 unspecified atom stereocenters. The number of methoxy groups -OCH3 is 1. The number of aromatic nitrogens is 4. The summed E-state index contributed by atoms with van der Waals surface area (Å²) in [6, 6.07) is 11.1. The van der Waals surface area contributed by atoms with Gasteiger partial charge in [-0.3, -0.25) is 5.32 Å². The molecule has 0 aliphatic rings. The van der Waals surface area contributed by atoms with E-state index in [-0.39, 0.29) is 11.0 Å². The third kappa shape index (κ3) is 4.15. The van der Waals surface area contributed by atoms with Crippen LogP contribution >= 0.6 is 27.3 Å². The van der Waals surface area contributed by atoms with Gasteiger partial charge in [-0.25, -0.2) is 4.79 Å². The minimum absolute atomic E-state index is 0.00371. The number of carbonyl (C=O) groups excluding carboxylic acids is 1. The molecule has 2 aromatic heterocycles. The zero-order valence-electron chi connectivity index (χ0n) is 15.2. The van der Waals surface area contributed by atoms with Gasteiger partial charge in [0.15, 0.2) is 5.75 Å². The van der Waals surface area contributed by atoms with E-state index in [0.717, 1.165) is 20.1 Å². The number of rotatable bonds is 5. The maximum Gasteiger partial charge on any atom is 0.420 e. The number of H-pyrrole nitrogens is 1. The van der Waals surface area contributed by atoms with Crippen molar-refractivity contribution in [3.05, 3.63) is 46.4 Å². The fourth-order valence-corrected chi connectivity index (χ4v) is 3.92. The number of nitrogens with zero attached hydrogens (tertiary/aromatic N) is 3. The Morgan fingerprint density at radius 3 is 2.72 bits per heavy atom. The van der Waals surface area contributed by atoms with Gasteiger partial charge in [0.05, 0.1) is 7.11 Å². The highest BCUT2D eigenvalue weighted by atomic mass is 79.9. The zero-order valence-corrected chi connectivity index (χ0v) is 17.6. The highest BCUT2D eigenvalue weighted by molar-refractivity contribution is 9.10. The van der Waals surface area contributed by atoms with E-state index in [4.69, 9.17) is 14.2 Å². The van der Waals surface area contributed by atoms with Crippen LogP contribution in [0.2, 0.25) is 0 Å². The van der Waals surface area contributed by atoms with Crippen molar-refractivity contribution in [3.63, 3.8) is 0 Å². The Hall–Kier alpha value is -3.18. The lowest BCUT2D eigenvalue weighted by atomic mass is 10.1. The Bertz CT molecular complexity index is 1160. The fraction of sp³-hybridized carbons (Fsp3) is 0.111. The summed E-state index contributed by atoms with van der Waals surface area (Å²) >= 11 is 4.68. The van der Waals surface area contributed by atoms with Gasteiger partial charge in [-0.15, -0.1) is 5.10 Å². The fourth-order valence-electron chi connectivity index (χ4n) is 2.60. The molecule has 2 aromatic carbocycles. The number of tetrazole rings is 1. The molecule has 4 rings (SSSR count). The average molecular weight is 476 g/mol. The number of aromatic amines is 1. The molecule has 2 N–H and O–H groups in total. The molecule has 0 aliphatic carbocycles. The van der Waals surface area contributed by atoms with Gasteiger partial charge in [-0.1, -0.05) is 32.4 Å². The molecule has 29 heavy (non-hydrogen) atoms. The lowest BCUT2D eigenvalue weighted by molar-refractivity contribution is 0.215. The lowest BCUT2D eigenvalue weighted by Gasteiger charge is -2.09. The molecule has 11 heteroatoms. The van der Waals surface area contributed by atoms with Gasteiger partial charge in [-0.2, -0.15) is 5.21 Å². The van der Waals surface area contributed by atoms with Crippen LogP contribution < -0.4 is 19.5 Å². The van der Waals surface area contributed by atoms with Crippen LogP contribution in [0.1, 0.15) is 5.56 Å². The second-order valence-electron chi connectivity index (χ2n) is 5.84. The molecule has 1 amide bonds. The van der Waals surface area contributed by atoms with Crippen molar-refractivity contribution in [2.24, 2.45) is 0 Å². The first-order valence-electron chi connectivity index (χ1n) is 8.30. The normalized spacial score (nSPS) is 10.7. The van der Waals surface area contributed by atoms with Crippen LogP contribution in [0.15, 0.2) is 40.9 Å². The number of aryl methyl sites for hydroxylation is 1. The number of halogens is 1. The molecule has 0 fully saturated rings. The van der Waals surface area contributed by atoms with Crippen molar-refractivity contribution in [2.45, 2.75) is 6.92 Å². The molecule has 0 saturated carbocycles. The second kappa shape index (κ2) is 8.05. The summed E-state index contributed by atoms with van der Waals surface area (Å²) in [6.45, 7) is 1.94. The Kier molecular flexibility index (Phi) is 5.32. The molecule has 148 valence electrons. The number of amides is 1. The predicted molar refractivity (Wildman–Crippen MR) is 111 cm³/mol. The molecule has 0 aliphatic heterocycles. The first-order valence-corrected chi connectivity index (χ1v) is 9.91. The van der Waals surface area contributed by atoms with Crippen molar-refractivity contribution in [2.75, 3.05) is 12.4 Å². The van der Waals surface area contributed by atoms with Crippen molar-refractivity contribution >= 4 is 49.4 Å². The number of nitrogens with one attached hydrogen (secondary N) is 2. The number of carbonyl (C=O) groups is 1. The SMILES string of the molecule is COc1cc2c(Oc3ccc(Br)cc3)c(OC(=O)Nc3nn[nH]n3)sc2cc1C. The highest BCUT2D eigenvalue weighted by Crippen LogP contribution is 2.48. The Balaban J connectivity index is 1.72. The Labute approximate surface area is 177 Å². The number of hydrogen-bond acceptors (Lipinski definition) is 8. The molecule has 0 spiro atoms. The van der Waals surface area contributed by atoms with E-state index in [2.05, 4.69) is 41.9 Å². The summed E-state index contributed by atoms with van der Waals surface area (Å²) in [4.78, 5) is 12.3. The van der Waals surface area contributed by atoms with Crippen LogP contribution in [-0.4, -0.2) is 33.8 Å². The molecule has 0 saturated heterocycles. The summed E-state index contributed by atoms with van der Waals surface area (Å²) in [6.07, 6.45) is -0.762. The van der Waals surface area contributed by atoms with Gasteiger partial charge in [-0.05, 0) is 54.1 Å². The van der Waals surface area contributed by atoms with Crippen LogP contribution in [0, 0.1) is 6.92 Å². The number of ether oxygens (including phenoxy) is 3. The third-order valence-electron chi connectivity index (χ3n) is 3.91. The van der Waals surface area contributed by atoms with Crippen molar-refractivity contribution in [3.8, 4) is 22.3 Å². The van der Waals surface area contributed by atoms with Crippen molar-refractivity contribution in [1.82, 2.24) is 20.6 Å². The van der Waals surface area contributed by atoms with E-state index in [0.29, 0.717) is 17.2 Å². The molecule has 0 atom stereocenters. The summed E-state index contributed by atoms with van der Waals surface area (Å²) < 4.78 is 18.8. The van der Waals surface area contributed by atoms with Crippen LogP contribution in [0.25, 0.3) is 10.1 Å². The number of benzene rings is 2. The van der Waals surface area contributed by atoms with Crippen molar-refractivity contribution in [1.29, 1.82) is 0 Å². The number of hydrogen-bond donors (Lipinski definition) is 2. The minimum atomic E-state index is -0.762. The molecule has 2 heterocycles. The number of anilines is 1. The minimum Gasteiger partial charge on any atom is -0.496 e. The van der Waals surface area contributed by atoms with E-state index in [9.17, 15) is 4.79 Å². The number of fused-ring (bicyclic) bond motifs is 1. The molecular weight excluding hydrogens is 462 g/mol. The topological polar surface area (TPSA) is 111 Å². The molecule has 9 nitrogen and oxygen atoms in total. The van der Waals surface area contributed by atoms with Gasteiger partial charge >= 0.3 is 6.09 Å². The monoisotopic (exact) mass is 475 g/mol. The van der Waals surface area contributed by atoms with Crippen LogP contribution in [-0.2, 0) is 0 Å². The lowest BCUT2D eigenvalue weighted by Crippen LogP contribution is -2.17. The van der Waals surface area contributed by atoms with E-state index in [1.54, 1.807) is 7.11 Å². The first kappa shape index (κ1) is 19.2. The Morgan fingerprint density at radius 1 is 1.24 bits per heavy atom. The largest absolute Gasteiger partial charge is 0.496 e. The van der Waals surface area contributed by atoms with Gasteiger partial charge in [0.2, 0.25) is 5.06 Å². The van der Waals surface area contributed by atoms with Gasteiger partial charge in [0.1, 0.15) is 11.5 Å². The summed E-state index contributed by atoms with van der Waals surface area (Å²) in [5.41, 5.74) is 0.958. The summed E-state index contributed by atoms with van der Waals surface area (Å²) in [7, 11) is 1.60. The van der Waals surface area contributed by atoms with Crippen LogP contribution in [0.5, 0.6) is 22.3 Å². The van der Waals surface area contributed by atoms with E-state index >= 15 is 0 Å². The second-order valence-corrected chi connectivity index (χ2v) is 7.77. The highest BCUT2D eigenvalue weighted by Gasteiger charge is 2.21. The first-order chi connectivity index (χ1) is 14.0. The zero-order chi connectivity index (χ0) is 20.4. The van der Waals surface area contributed by atoms with Gasteiger partial charge < -0.3 is 14.2 Å². The van der Waals surface area contributed by atoms with Crippen LogP contribution in [0.3, 0.4) is 0 Å². The van der Waals surface area contributed by atoms with Crippen molar-refractivity contribution < 1.29 is 19.0 Å². The van der Waals surface area contributed by atoms with E-state index in [1.807, 2.05) is 43.3 Å². The maximum absolute atomic E-state index is 12.3. The maximum atomic E-state index is 12.3. The van der Waals surface area contributed by atoms with Gasteiger partial charge in [0, 0.05) is 14.6 Å². The third-order valence-corrected chi connectivity index (χ3v) is 5.45. The smallest absolute Gasteiger partial charge is 0.420 e. The van der Waals surface area contributed by atoms with Crippen LogP contribution in [0.4, 0.5) is 10.7 Å². The van der Waals surface area contributed by atoms with E-state index in [1.165, 1.54) is 11.3 Å². The molecule has 0 radical (unpaired) electrons. The van der Waals surface area contributed by atoms with Gasteiger partial charge in [0.25, 0.3) is 5.95 Å². The molecule has 4 aromatic rings. The standard InChI is InChI=1S/C18H14BrN5O4S/c1-9-7-14-12(8-13(9)26-2)15(27-11-5-3-10(19)4-6-11)16(29-14)28-18(25)20-17-21-23-24-22-17/h3-8H,1-2H3,(H2,20,21,22,23,24,25). The molecule has 0 bridgehead atoms. The average Bonchev–Trinajstić information content (AvgIpc) is 3.31. The summed E-state index contributed by atoms with van der Waals surface area (Å²) in [5.74, 6) is 1.72.